The van der Waals surface area contributed by atoms with Crippen LogP contribution in [0.15, 0.2) is 23.1 Å². The first kappa shape index (κ1) is 25.7. The quantitative estimate of drug-likeness (QED) is 0.475. The number of carbonyl (C=O) groups excluding carboxylic acids is 1. The van der Waals surface area contributed by atoms with E-state index in [0.717, 1.165) is 37.1 Å². The van der Waals surface area contributed by atoms with E-state index >= 15 is 0 Å². The van der Waals surface area contributed by atoms with Gasteiger partial charge in [0.1, 0.15) is 5.82 Å². The number of nitrogens with zero attached hydrogens (tertiary/aromatic N) is 4. The number of carbonyl (C=O) groups is 1. The van der Waals surface area contributed by atoms with E-state index in [2.05, 4.69) is 30.2 Å². The van der Waals surface area contributed by atoms with Crippen LogP contribution in [0.25, 0.3) is 11.0 Å². The number of aromatic nitrogens is 2. The lowest BCUT2D eigenvalue weighted by Crippen LogP contribution is -2.43. The predicted octanol–water partition coefficient (Wildman–Crippen LogP) is 4.59. The van der Waals surface area contributed by atoms with Crippen LogP contribution in [-0.4, -0.2) is 58.3 Å². The molecule has 1 aromatic heterocycles. The molecule has 1 aliphatic carbocycles. The number of rotatable bonds is 11. The predicted molar refractivity (Wildman–Crippen MR) is 133 cm³/mol. The van der Waals surface area contributed by atoms with Crippen LogP contribution in [0.5, 0.6) is 0 Å². The monoisotopic (exact) mass is 476 g/mol. The van der Waals surface area contributed by atoms with Crippen molar-refractivity contribution in [2.75, 3.05) is 13.1 Å². The van der Waals surface area contributed by atoms with E-state index in [4.69, 9.17) is 4.98 Å². The fourth-order valence-corrected chi connectivity index (χ4v) is 6.62. The summed E-state index contributed by atoms with van der Waals surface area (Å²) in [5.74, 6) is 1.05. The lowest BCUT2D eigenvalue weighted by Gasteiger charge is -2.33. The molecule has 1 aromatic carbocycles. The Labute approximate surface area is 199 Å². The summed E-state index contributed by atoms with van der Waals surface area (Å²) >= 11 is 0. The highest BCUT2D eigenvalue weighted by molar-refractivity contribution is 7.89. The standard InChI is InChI=1S/C25H40N4O3S/c1-6-17-28-23-14-13-21(33(31,32)27(7-2)8-3)18-22(23)26-24(28)15-16-25(30)29(19(4)5)20-11-9-10-12-20/h13-14,18-20H,6-12,15-17H2,1-5H3. The normalized spacial score (nSPS) is 15.2. The van der Waals surface area contributed by atoms with Crippen molar-refractivity contribution in [2.45, 2.75) is 103 Å². The van der Waals surface area contributed by atoms with Gasteiger partial charge >= 0.3 is 0 Å². The molecule has 0 spiro atoms. The third kappa shape index (κ3) is 5.43. The van der Waals surface area contributed by atoms with Gasteiger partial charge in [0, 0.05) is 44.6 Å². The van der Waals surface area contributed by atoms with Gasteiger partial charge in [0.05, 0.1) is 15.9 Å². The van der Waals surface area contributed by atoms with Gasteiger partial charge in [-0.1, -0.05) is 33.6 Å². The molecule has 7 nitrogen and oxygen atoms in total. The molecule has 0 N–H and O–H groups in total. The molecule has 1 fully saturated rings. The van der Waals surface area contributed by atoms with Gasteiger partial charge in [-0.3, -0.25) is 4.79 Å². The topological polar surface area (TPSA) is 75.5 Å². The Morgan fingerprint density at radius 2 is 1.82 bits per heavy atom. The Morgan fingerprint density at radius 1 is 1.15 bits per heavy atom. The third-order valence-corrected chi connectivity index (χ3v) is 8.76. The van der Waals surface area contributed by atoms with Crippen LogP contribution < -0.4 is 0 Å². The van der Waals surface area contributed by atoms with Crippen LogP contribution in [0.3, 0.4) is 0 Å². The molecule has 2 aromatic rings. The molecular weight excluding hydrogens is 436 g/mol. The van der Waals surface area contributed by atoms with Gasteiger partial charge in [-0.2, -0.15) is 4.31 Å². The van der Waals surface area contributed by atoms with E-state index in [1.165, 1.54) is 17.1 Å². The Hall–Kier alpha value is -1.93. The molecule has 184 valence electrons. The van der Waals surface area contributed by atoms with Crippen molar-refractivity contribution >= 4 is 27.0 Å². The van der Waals surface area contributed by atoms with Crippen molar-refractivity contribution in [1.29, 1.82) is 0 Å². The van der Waals surface area contributed by atoms with Crippen LogP contribution in [0, 0.1) is 0 Å². The van der Waals surface area contributed by atoms with Crippen LogP contribution >= 0.6 is 0 Å². The average Bonchev–Trinajstić information content (AvgIpc) is 3.41. The maximum atomic E-state index is 13.2. The fourth-order valence-electron chi connectivity index (χ4n) is 5.14. The molecule has 1 saturated carbocycles. The van der Waals surface area contributed by atoms with E-state index in [9.17, 15) is 13.2 Å². The molecule has 1 heterocycles. The largest absolute Gasteiger partial charge is 0.337 e. The van der Waals surface area contributed by atoms with Gasteiger partial charge in [-0.05, 0) is 51.3 Å². The maximum absolute atomic E-state index is 13.2. The van der Waals surface area contributed by atoms with Crippen molar-refractivity contribution in [1.82, 2.24) is 18.8 Å². The highest BCUT2D eigenvalue weighted by Crippen LogP contribution is 2.27. The van der Waals surface area contributed by atoms with Gasteiger partial charge in [0.15, 0.2) is 0 Å². The number of imidazole rings is 1. The lowest BCUT2D eigenvalue weighted by atomic mass is 10.1. The SMILES string of the molecule is CCCn1c(CCC(=O)N(C(C)C)C2CCCC2)nc2cc(S(=O)(=O)N(CC)CC)ccc21. The van der Waals surface area contributed by atoms with Crippen LogP contribution in [0.4, 0.5) is 0 Å². The number of hydrogen-bond donors (Lipinski definition) is 0. The smallest absolute Gasteiger partial charge is 0.243 e. The van der Waals surface area contributed by atoms with Gasteiger partial charge in [-0.25, -0.2) is 13.4 Å². The number of aryl methyl sites for hydroxylation is 2. The molecule has 0 bridgehead atoms. The third-order valence-electron chi connectivity index (χ3n) is 6.71. The second-order valence-corrected chi connectivity index (χ2v) is 11.2. The molecule has 3 rings (SSSR count). The molecule has 33 heavy (non-hydrogen) atoms. The molecule has 0 radical (unpaired) electrons. The molecular formula is C25H40N4O3S. The summed E-state index contributed by atoms with van der Waals surface area (Å²) in [6.07, 6.45) is 6.52. The minimum absolute atomic E-state index is 0.191. The number of benzene rings is 1. The van der Waals surface area contributed by atoms with Gasteiger partial charge in [-0.15, -0.1) is 0 Å². The van der Waals surface area contributed by atoms with Crippen molar-refractivity contribution in [3.05, 3.63) is 24.0 Å². The molecule has 0 unspecified atom stereocenters. The van der Waals surface area contributed by atoms with E-state index in [0.29, 0.717) is 37.5 Å². The summed E-state index contributed by atoms with van der Waals surface area (Å²) in [5, 5.41) is 0. The molecule has 1 amide bonds. The Bertz CT molecular complexity index is 1050. The fraction of sp³-hybridized carbons (Fsp3) is 0.680. The van der Waals surface area contributed by atoms with E-state index in [1.807, 2.05) is 19.9 Å². The van der Waals surface area contributed by atoms with Crippen molar-refractivity contribution < 1.29 is 13.2 Å². The summed E-state index contributed by atoms with van der Waals surface area (Å²) in [5.41, 5.74) is 1.60. The maximum Gasteiger partial charge on any atom is 0.243 e. The van der Waals surface area contributed by atoms with Crippen LogP contribution in [0.2, 0.25) is 0 Å². The summed E-state index contributed by atoms with van der Waals surface area (Å²) in [6.45, 7) is 11.6. The van der Waals surface area contributed by atoms with Crippen LogP contribution in [-0.2, 0) is 27.8 Å². The summed E-state index contributed by atoms with van der Waals surface area (Å²) in [6, 6.07) is 5.78. The first-order valence-corrected chi connectivity index (χ1v) is 14.0. The minimum atomic E-state index is -3.54. The highest BCUT2D eigenvalue weighted by Gasteiger charge is 2.29. The zero-order valence-electron chi connectivity index (χ0n) is 20.9. The molecule has 8 heteroatoms. The number of hydrogen-bond acceptors (Lipinski definition) is 4. The Kier molecular flexibility index (Phi) is 8.56. The molecule has 0 saturated heterocycles. The van der Waals surface area contributed by atoms with Crippen molar-refractivity contribution in [2.24, 2.45) is 0 Å². The van der Waals surface area contributed by atoms with E-state index in [1.54, 1.807) is 12.1 Å². The zero-order chi connectivity index (χ0) is 24.2. The van der Waals surface area contributed by atoms with Crippen molar-refractivity contribution in [3.8, 4) is 0 Å². The number of amides is 1. The average molecular weight is 477 g/mol. The minimum Gasteiger partial charge on any atom is -0.337 e. The highest BCUT2D eigenvalue weighted by atomic mass is 32.2. The summed E-state index contributed by atoms with van der Waals surface area (Å²) in [4.78, 5) is 20.3. The van der Waals surface area contributed by atoms with Crippen LogP contribution in [0.1, 0.15) is 79.0 Å². The van der Waals surface area contributed by atoms with Crippen molar-refractivity contribution in [3.63, 3.8) is 0 Å². The van der Waals surface area contributed by atoms with Gasteiger partial charge in [0.2, 0.25) is 15.9 Å². The first-order valence-electron chi connectivity index (χ1n) is 12.5. The second kappa shape index (κ2) is 11.0. The Morgan fingerprint density at radius 3 is 2.39 bits per heavy atom. The number of fused-ring (bicyclic) bond motifs is 1. The lowest BCUT2D eigenvalue weighted by molar-refractivity contribution is -0.135. The summed E-state index contributed by atoms with van der Waals surface area (Å²) in [7, 11) is -3.54. The number of sulfonamides is 1. The van der Waals surface area contributed by atoms with Gasteiger partial charge < -0.3 is 9.47 Å². The Balaban J connectivity index is 1.87. The first-order chi connectivity index (χ1) is 15.7. The van der Waals surface area contributed by atoms with E-state index < -0.39 is 10.0 Å². The molecule has 0 aliphatic heterocycles. The van der Waals surface area contributed by atoms with E-state index in [-0.39, 0.29) is 16.8 Å². The zero-order valence-corrected chi connectivity index (χ0v) is 21.7. The molecule has 1 aliphatic rings. The summed E-state index contributed by atoms with van der Waals surface area (Å²) < 4.78 is 29.6. The second-order valence-electron chi connectivity index (χ2n) is 9.25. The van der Waals surface area contributed by atoms with Gasteiger partial charge in [0.25, 0.3) is 0 Å². The molecule has 0 atom stereocenters.